The lowest BCUT2D eigenvalue weighted by Crippen LogP contribution is -2.42. The van der Waals surface area contributed by atoms with Gasteiger partial charge in [-0.25, -0.2) is 9.37 Å². The minimum atomic E-state index is -0.661. The third-order valence-corrected chi connectivity index (χ3v) is 6.15. The number of ether oxygens (including phenoxy) is 2. The first kappa shape index (κ1) is 24.4. The minimum absolute atomic E-state index is 0.0677. The van der Waals surface area contributed by atoms with E-state index < -0.39 is 5.82 Å². The molecule has 182 valence electrons. The second-order valence-corrected chi connectivity index (χ2v) is 8.50. The highest BCUT2D eigenvalue weighted by Crippen LogP contribution is 2.32. The zero-order valence-corrected chi connectivity index (χ0v) is 19.8. The fourth-order valence-electron chi connectivity index (χ4n) is 4.16. The van der Waals surface area contributed by atoms with Crippen molar-refractivity contribution in [3.05, 3.63) is 64.2 Å². The molecule has 35 heavy (non-hydrogen) atoms. The molecule has 0 unspecified atom stereocenters. The third kappa shape index (κ3) is 5.19. The van der Waals surface area contributed by atoms with E-state index in [9.17, 15) is 9.18 Å². The Morgan fingerprint density at radius 2 is 1.83 bits per heavy atom. The number of hydrogen-bond donors (Lipinski definition) is 1. The van der Waals surface area contributed by atoms with Gasteiger partial charge in [-0.15, -0.1) is 0 Å². The summed E-state index contributed by atoms with van der Waals surface area (Å²) in [4.78, 5) is 20.6. The van der Waals surface area contributed by atoms with E-state index in [2.05, 4.69) is 0 Å². The van der Waals surface area contributed by atoms with Crippen LogP contribution in [0.4, 0.5) is 10.3 Å². The molecule has 1 aliphatic heterocycles. The van der Waals surface area contributed by atoms with Crippen LogP contribution in [0.3, 0.4) is 0 Å². The Morgan fingerprint density at radius 1 is 1.14 bits per heavy atom. The van der Waals surface area contributed by atoms with Gasteiger partial charge >= 0.3 is 0 Å². The van der Waals surface area contributed by atoms with Gasteiger partial charge in [0.1, 0.15) is 24.2 Å². The molecule has 2 aromatic carbocycles. The maximum Gasteiger partial charge on any atom is 0.263 e. The van der Waals surface area contributed by atoms with Crippen LogP contribution >= 0.6 is 0 Å². The van der Waals surface area contributed by atoms with Gasteiger partial charge in [0.05, 0.1) is 23.4 Å². The predicted octanol–water partition coefficient (Wildman–Crippen LogP) is 3.08. The zero-order valence-electron chi connectivity index (χ0n) is 19.8. The van der Waals surface area contributed by atoms with Gasteiger partial charge in [-0.3, -0.25) is 9.36 Å². The maximum absolute atomic E-state index is 14.6. The van der Waals surface area contributed by atoms with Crippen LogP contribution in [0.1, 0.15) is 18.4 Å². The lowest BCUT2D eigenvalue weighted by molar-refractivity contribution is 0.146. The van der Waals surface area contributed by atoms with Gasteiger partial charge in [-0.05, 0) is 42.7 Å². The number of benzene rings is 2. The molecule has 0 bridgehead atoms. The van der Waals surface area contributed by atoms with Crippen molar-refractivity contribution in [2.45, 2.75) is 18.9 Å². The van der Waals surface area contributed by atoms with Crippen LogP contribution in [-0.2, 0) is 11.8 Å². The second kappa shape index (κ2) is 10.7. The lowest BCUT2D eigenvalue weighted by Gasteiger charge is -2.32. The smallest absolute Gasteiger partial charge is 0.263 e. The molecule has 0 aliphatic carbocycles. The first-order valence-corrected chi connectivity index (χ1v) is 11.5. The number of anilines is 1. The molecule has 4 rings (SSSR count). The van der Waals surface area contributed by atoms with Crippen LogP contribution < -0.4 is 20.9 Å². The Morgan fingerprint density at radius 3 is 2.46 bits per heavy atom. The molecule has 2 N–H and O–H groups in total. The molecule has 0 amide bonds. The van der Waals surface area contributed by atoms with Gasteiger partial charge in [-0.2, -0.15) is 5.26 Å². The standard InChI is InChI=1S/C26H28FN5O3/c1-31-25(33)23(17-5-7-21(8-6-17)35-14-13-34-2)24(18-3-4-19(16-28)22(27)15-18)30-26(31)32-11-9-20(29)10-12-32/h3-8,15,20H,9-14,29H2,1-2H3. The zero-order chi connectivity index (χ0) is 24.9. The van der Waals surface area contributed by atoms with E-state index in [1.54, 1.807) is 44.5 Å². The van der Waals surface area contributed by atoms with Crippen LogP contribution in [0.25, 0.3) is 22.4 Å². The number of aromatic nitrogens is 2. The summed E-state index contributed by atoms with van der Waals surface area (Å²) >= 11 is 0. The molecule has 1 fully saturated rings. The number of halogens is 1. The minimum Gasteiger partial charge on any atom is -0.491 e. The largest absolute Gasteiger partial charge is 0.491 e. The van der Waals surface area contributed by atoms with Crippen LogP contribution in [0.15, 0.2) is 47.3 Å². The van der Waals surface area contributed by atoms with Gasteiger partial charge < -0.3 is 20.1 Å². The number of nitrogens with two attached hydrogens (primary N) is 1. The molecule has 1 aliphatic rings. The van der Waals surface area contributed by atoms with Crippen molar-refractivity contribution < 1.29 is 13.9 Å². The van der Waals surface area contributed by atoms with Crippen molar-refractivity contribution in [2.75, 3.05) is 38.3 Å². The van der Waals surface area contributed by atoms with Crippen molar-refractivity contribution in [1.29, 1.82) is 5.26 Å². The number of nitrogens with zero attached hydrogens (tertiary/aromatic N) is 4. The Kier molecular flexibility index (Phi) is 7.44. The van der Waals surface area contributed by atoms with E-state index in [0.717, 1.165) is 12.8 Å². The maximum atomic E-state index is 14.6. The van der Waals surface area contributed by atoms with E-state index in [1.807, 2.05) is 11.0 Å². The van der Waals surface area contributed by atoms with Crippen molar-refractivity contribution in [3.8, 4) is 34.2 Å². The van der Waals surface area contributed by atoms with E-state index >= 15 is 0 Å². The molecule has 1 saturated heterocycles. The third-order valence-electron chi connectivity index (χ3n) is 6.15. The van der Waals surface area contributed by atoms with Crippen LogP contribution in [0.2, 0.25) is 0 Å². The summed E-state index contributed by atoms with van der Waals surface area (Å²) < 4.78 is 26.7. The molecule has 9 heteroatoms. The molecule has 8 nitrogen and oxygen atoms in total. The summed E-state index contributed by atoms with van der Waals surface area (Å²) in [6.45, 7) is 2.22. The highest BCUT2D eigenvalue weighted by atomic mass is 19.1. The van der Waals surface area contributed by atoms with E-state index in [1.165, 1.54) is 16.7 Å². The van der Waals surface area contributed by atoms with Crippen molar-refractivity contribution in [1.82, 2.24) is 9.55 Å². The molecule has 2 heterocycles. The first-order chi connectivity index (χ1) is 16.9. The van der Waals surface area contributed by atoms with E-state index in [-0.39, 0.29) is 17.2 Å². The number of rotatable bonds is 7. The Hall–Kier alpha value is -3.74. The fraction of sp³-hybridized carbons (Fsp3) is 0.346. The highest BCUT2D eigenvalue weighted by Gasteiger charge is 2.24. The second-order valence-electron chi connectivity index (χ2n) is 8.50. The van der Waals surface area contributed by atoms with Crippen molar-refractivity contribution >= 4 is 5.95 Å². The summed E-state index contributed by atoms with van der Waals surface area (Å²) in [6, 6.07) is 13.3. The molecule has 0 saturated carbocycles. The first-order valence-electron chi connectivity index (χ1n) is 11.5. The summed E-state index contributed by atoms with van der Waals surface area (Å²) in [5.74, 6) is 0.485. The molecule has 0 spiro atoms. The highest BCUT2D eigenvalue weighted by molar-refractivity contribution is 5.81. The summed E-state index contributed by atoms with van der Waals surface area (Å²) in [5, 5.41) is 9.14. The molecule has 3 aromatic rings. The van der Waals surface area contributed by atoms with Crippen LogP contribution in [0.5, 0.6) is 5.75 Å². The number of methoxy groups -OCH3 is 1. The molecule has 0 radical (unpaired) electrons. The Balaban J connectivity index is 1.83. The summed E-state index contributed by atoms with van der Waals surface area (Å²) in [6.07, 6.45) is 1.59. The number of hydrogen-bond acceptors (Lipinski definition) is 7. The average Bonchev–Trinajstić information content (AvgIpc) is 2.87. The van der Waals surface area contributed by atoms with Crippen molar-refractivity contribution in [2.24, 2.45) is 12.8 Å². The quantitative estimate of drug-likeness (QED) is 0.521. The predicted molar refractivity (Wildman–Crippen MR) is 132 cm³/mol. The van der Waals surface area contributed by atoms with Crippen LogP contribution in [0, 0.1) is 17.1 Å². The van der Waals surface area contributed by atoms with Gasteiger partial charge in [-0.1, -0.05) is 18.2 Å². The van der Waals surface area contributed by atoms with Gasteiger partial charge in [0.25, 0.3) is 5.56 Å². The molecular weight excluding hydrogens is 449 g/mol. The summed E-state index contributed by atoms with van der Waals surface area (Å²) in [7, 11) is 3.29. The van der Waals surface area contributed by atoms with E-state index in [0.29, 0.717) is 60.4 Å². The van der Waals surface area contributed by atoms with Gasteiger partial charge in [0.15, 0.2) is 0 Å². The van der Waals surface area contributed by atoms with Gasteiger partial charge in [0, 0.05) is 38.9 Å². The SMILES string of the molecule is COCCOc1ccc(-c2c(-c3ccc(C#N)c(F)c3)nc(N3CCC(N)CC3)n(C)c2=O)cc1. The monoisotopic (exact) mass is 477 g/mol. The van der Waals surface area contributed by atoms with Gasteiger partial charge in [0.2, 0.25) is 5.95 Å². The van der Waals surface area contributed by atoms with Crippen LogP contribution in [-0.4, -0.2) is 49.0 Å². The molecule has 0 atom stereocenters. The average molecular weight is 478 g/mol. The Labute approximate surface area is 203 Å². The molecule has 1 aromatic heterocycles. The number of piperidine rings is 1. The normalized spacial score (nSPS) is 14.1. The topological polar surface area (TPSA) is 106 Å². The molecular formula is C26H28FN5O3. The fourth-order valence-corrected chi connectivity index (χ4v) is 4.16. The number of nitriles is 1. The Bertz CT molecular complexity index is 1290. The lowest BCUT2D eigenvalue weighted by atomic mass is 9.99. The van der Waals surface area contributed by atoms with Crippen molar-refractivity contribution in [3.63, 3.8) is 0 Å². The van der Waals surface area contributed by atoms with E-state index in [4.69, 9.17) is 25.5 Å². The summed E-state index contributed by atoms with van der Waals surface area (Å²) in [5.41, 5.74) is 7.49.